The number of nitrogens with zero attached hydrogens (tertiary/aromatic N) is 5. The molecule has 5 heterocycles. The Bertz CT molecular complexity index is 1380. The molecule has 1 saturated carbocycles. The first kappa shape index (κ1) is 21.3. The van der Waals surface area contributed by atoms with E-state index in [1.807, 2.05) is 6.20 Å². The number of nitrogens with two attached hydrogens (primary N) is 1. The first-order chi connectivity index (χ1) is 16.4. The largest absolute Gasteiger partial charge is 0.431 e. The van der Waals surface area contributed by atoms with E-state index in [0.29, 0.717) is 34.8 Å². The quantitative estimate of drug-likeness (QED) is 0.450. The minimum Gasteiger partial charge on any atom is -0.354 e. The van der Waals surface area contributed by atoms with Crippen molar-refractivity contribution < 1.29 is 13.2 Å². The van der Waals surface area contributed by atoms with Gasteiger partial charge in [0.2, 0.25) is 0 Å². The Morgan fingerprint density at radius 3 is 2.68 bits per heavy atom. The minimum absolute atomic E-state index is 0.0443. The number of rotatable bonds is 3. The van der Waals surface area contributed by atoms with Crippen molar-refractivity contribution in [3.8, 4) is 11.4 Å². The molecule has 0 amide bonds. The molecule has 0 spiro atoms. The molecule has 4 aromatic heterocycles. The van der Waals surface area contributed by atoms with Crippen LogP contribution in [0.5, 0.6) is 0 Å². The van der Waals surface area contributed by atoms with E-state index in [1.165, 1.54) is 12.6 Å². The van der Waals surface area contributed by atoms with Crippen LogP contribution in [0.3, 0.4) is 0 Å². The average molecular weight is 467 g/mol. The second-order valence-corrected chi connectivity index (χ2v) is 9.27. The maximum atomic E-state index is 13.4. The van der Waals surface area contributed by atoms with Gasteiger partial charge in [0.25, 0.3) is 0 Å². The number of anilines is 1. The highest BCUT2D eigenvalue weighted by Gasteiger charge is 2.33. The van der Waals surface area contributed by atoms with Crippen molar-refractivity contribution in [2.24, 2.45) is 5.73 Å². The normalized spacial score (nSPS) is 19.6. The molecule has 7 nitrogen and oxygen atoms in total. The summed E-state index contributed by atoms with van der Waals surface area (Å²) in [4.78, 5) is 22.9. The van der Waals surface area contributed by atoms with Crippen LogP contribution >= 0.6 is 0 Å². The number of pyridine rings is 2. The minimum atomic E-state index is -4.50. The predicted molar refractivity (Wildman–Crippen MR) is 123 cm³/mol. The van der Waals surface area contributed by atoms with Crippen molar-refractivity contribution in [2.75, 3.05) is 18.0 Å². The third kappa shape index (κ3) is 3.56. The summed E-state index contributed by atoms with van der Waals surface area (Å²) in [6.07, 6.45) is 5.91. The van der Waals surface area contributed by atoms with E-state index in [4.69, 9.17) is 15.7 Å². The molecule has 2 fully saturated rings. The molecular weight excluding hydrogens is 443 g/mol. The molecule has 1 aliphatic carbocycles. The van der Waals surface area contributed by atoms with Crippen LogP contribution < -0.4 is 10.6 Å². The average Bonchev–Trinajstić information content (AvgIpc) is 3.22. The Labute approximate surface area is 193 Å². The van der Waals surface area contributed by atoms with Gasteiger partial charge in [0.1, 0.15) is 17.2 Å². The van der Waals surface area contributed by atoms with Crippen molar-refractivity contribution in [1.82, 2.24) is 24.9 Å². The summed E-state index contributed by atoms with van der Waals surface area (Å²) >= 11 is 0. The van der Waals surface area contributed by atoms with Gasteiger partial charge in [0.05, 0.1) is 11.7 Å². The van der Waals surface area contributed by atoms with Crippen LogP contribution in [0.1, 0.15) is 49.3 Å². The Balaban J connectivity index is 1.58. The molecule has 1 saturated heterocycles. The fraction of sp³-hybridized carbons (Fsp3) is 0.417. The van der Waals surface area contributed by atoms with Crippen LogP contribution in [0.2, 0.25) is 0 Å². The number of nitrogens with one attached hydrogen (secondary N) is 1. The standard InChI is InChI=1S/C24H24F3N7/c25-24(26,27)19-9-16-15(6-7-30-21(16)32-19)22-31-18-11-29-10-17(13-3-1-4-13)20(18)23(33-22)34-8-2-5-14(28)12-34/h6-7,9-11,13-14H,1-5,8,12,28H2,(H,30,32)/t14-/m0/s1. The fourth-order valence-electron chi connectivity index (χ4n) is 5.04. The van der Waals surface area contributed by atoms with Gasteiger partial charge in [0.15, 0.2) is 5.82 Å². The van der Waals surface area contributed by atoms with Gasteiger partial charge >= 0.3 is 6.18 Å². The van der Waals surface area contributed by atoms with Gasteiger partial charge in [-0.15, -0.1) is 0 Å². The molecule has 0 unspecified atom stereocenters. The van der Waals surface area contributed by atoms with Gasteiger partial charge in [-0.1, -0.05) is 6.42 Å². The Hall–Kier alpha value is -3.27. The lowest BCUT2D eigenvalue weighted by atomic mass is 9.79. The van der Waals surface area contributed by atoms with Crippen LogP contribution in [-0.4, -0.2) is 44.1 Å². The van der Waals surface area contributed by atoms with Gasteiger partial charge in [-0.3, -0.25) is 4.98 Å². The second-order valence-electron chi connectivity index (χ2n) is 9.27. The lowest BCUT2D eigenvalue weighted by Gasteiger charge is -2.34. The summed E-state index contributed by atoms with van der Waals surface area (Å²) in [5.41, 5.74) is 7.93. The number of alkyl halides is 3. The molecule has 1 aliphatic heterocycles. The molecular formula is C24H24F3N7. The summed E-state index contributed by atoms with van der Waals surface area (Å²) in [6.45, 7) is 1.49. The SMILES string of the molecule is N[C@H]1CCCN(c2nc(-c3ccnc4[nH]c(C(F)(F)F)cc34)nc3cncc(C4CCC4)c23)C1. The zero-order valence-electron chi connectivity index (χ0n) is 18.4. The highest BCUT2D eigenvalue weighted by molar-refractivity contribution is 5.97. The second kappa shape index (κ2) is 7.90. The number of aromatic amines is 1. The number of hydrogen-bond donors (Lipinski definition) is 2. The maximum Gasteiger partial charge on any atom is 0.431 e. The van der Waals surface area contributed by atoms with Gasteiger partial charge in [-0.25, -0.2) is 15.0 Å². The molecule has 0 bridgehead atoms. The fourth-order valence-corrected chi connectivity index (χ4v) is 5.04. The van der Waals surface area contributed by atoms with Crippen molar-refractivity contribution in [3.63, 3.8) is 0 Å². The van der Waals surface area contributed by atoms with Crippen molar-refractivity contribution in [2.45, 2.75) is 50.2 Å². The van der Waals surface area contributed by atoms with E-state index in [-0.39, 0.29) is 11.7 Å². The third-order valence-electron chi connectivity index (χ3n) is 7.00. The van der Waals surface area contributed by atoms with Gasteiger partial charge in [-0.05, 0) is 49.3 Å². The van der Waals surface area contributed by atoms with E-state index in [9.17, 15) is 13.2 Å². The first-order valence-corrected chi connectivity index (χ1v) is 11.6. The number of halogens is 3. The summed E-state index contributed by atoms with van der Waals surface area (Å²) in [5.74, 6) is 1.57. The first-order valence-electron chi connectivity index (χ1n) is 11.6. The Morgan fingerprint density at radius 1 is 1.09 bits per heavy atom. The maximum absolute atomic E-state index is 13.4. The predicted octanol–water partition coefficient (Wildman–Crippen LogP) is 4.78. The molecule has 2 aliphatic rings. The van der Waals surface area contributed by atoms with Gasteiger partial charge < -0.3 is 15.6 Å². The number of piperidine rings is 1. The summed E-state index contributed by atoms with van der Waals surface area (Å²) < 4.78 is 40.1. The molecule has 4 aromatic rings. The number of hydrogen-bond acceptors (Lipinski definition) is 6. The molecule has 10 heteroatoms. The molecule has 34 heavy (non-hydrogen) atoms. The Kier molecular flexibility index (Phi) is 4.94. The van der Waals surface area contributed by atoms with Gasteiger partial charge in [0, 0.05) is 47.9 Å². The van der Waals surface area contributed by atoms with E-state index >= 15 is 0 Å². The molecule has 1 atom stereocenters. The van der Waals surface area contributed by atoms with E-state index in [0.717, 1.165) is 55.1 Å². The highest BCUT2D eigenvalue weighted by Crippen LogP contribution is 2.42. The van der Waals surface area contributed by atoms with Crippen molar-refractivity contribution in [3.05, 3.63) is 42.0 Å². The zero-order chi connectivity index (χ0) is 23.4. The number of fused-ring (bicyclic) bond motifs is 2. The third-order valence-corrected chi connectivity index (χ3v) is 7.00. The summed E-state index contributed by atoms with van der Waals surface area (Å²) in [7, 11) is 0. The lowest BCUT2D eigenvalue weighted by molar-refractivity contribution is -0.140. The van der Waals surface area contributed by atoms with Crippen LogP contribution in [0, 0.1) is 0 Å². The molecule has 0 aromatic carbocycles. The topological polar surface area (TPSA) is 96.6 Å². The zero-order valence-corrected chi connectivity index (χ0v) is 18.4. The highest BCUT2D eigenvalue weighted by atomic mass is 19.4. The van der Waals surface area contributed by atoms with Crippen LogP contribution in [-0.2, 0) is 6.18 Å². The van der Waals surface area contributed by atoms with E-state index in [1.54, 1.807) is 12.3 Å². The van der Waals surface area contributed by atoms with E-state index in [2.05, 4.69) is 19.9 Å². The van der Waals surface area contributed by atoms with Crippen LogP contribution in [0.25, 0.3) is 33.3 Å². The number of H-pyrrole nitrogens is 1. The summed E-state index contributed by atoms with van der Waals surface area (Å²) in [5, 5.41) is 1.31. The van der Waals surface area contributed by atoms with Crippen molar-refractivity contribution >= 4 is 27.8 Å². The monoisotopic (exact) mass is 467 g/mol. The Morgan fingerprint density at radius 2 is 1.94 bits per heavy atom. The molecule has 3 N–H and O–H groups in total. The molecule has 6 rings (SSSR count). The van der Waals surface area contributed by atoms with Crippen LogP contribution in [0.4, 0.5) is 19.0 Å². The number of aromatic nitrogens is 5. The molecule has 176 valence electrons. The van der Waals surface area contributed by atoms with E-state index < -0.39 is 11.9 Å². The van der Waals surface area contributed by atoms with Gasteiger partial charge in [-0.2, -0.15) is 13.2 Å². The lowest BCUT2D eigenvalue weighted by Crippen LogP contribution is -2.43. The molecule has 0 radical (unpaired) electrons. The smallest absolute Gasteiger partial charge is 0.354 e. The summed E-state index contributed by atoms with van der Waals surface area (Å²) in [6, 6.07) is 2.78. The van der Waals surface area contributed by atoms with Crippen LogP contribution in [0.15, 0.2) is 30.7 Å². The van der Waals surface area contributed by atoms with Crippen molar-refractivity contribution in [1.29, 1.82) is 0 Å².